The summed E-state index contributed by atoms with van der Waals surface area (Å²) in [7, 11) is 1.74. The van der Waals surface area contributed by atoms with Gasteiger partial charge in [-0.15, -0.1) is 0 Å². The zero-order valence-electron chi connectivity index (χ0n) is 16.5. The molecule has 0 saturated carbocycles. The number of rotatable bonds is 2. The summed E-state index contributed by atoms with van der Waals surface area (Å²) in [6.45, 7) is 2.32. The SMILES string of the molecule is Cn1ccc2cc(-c3cnc4ccc(C(=O)N5CCOCC5)cc4n3)ccc2c1=O. The lowest BCUT2D eigenvalue weighted by atomic mass is 10.1. The maximum atomic E-state index is 12.8. The van der Waals surface area contributed by atoms with Gasteiger partial charge in [0.25, 0.3) is 11.5 Å². The third-order valence-corrected chi connectivity index (χ3v) is 5.46. The van der Waals surface area contributed by atoms with Gasteiger partial charge in [0.15, 0.2) is 0 Å². The number of hydrogen-bond donors (Lipinski definition) is 0. The molecule has 0 unspecified atom stereocenters. The van der Waals surface area contributed by atoms with E-state index in [4.69, 9.17) is 9.72 Å². The number of carbonyl (C=O) groups is 1. The number of hydrogen-bond acceptors (Lipinski definition) is 5. The lowest BCUT2D eigenvalue weighted by molar-refractivity contribution is 0.0303. The number of aromatic nitrogens is 3. The number of carbonyl (C=O) groups excluding carboxylic acids is 1. The van der Waals surface area contributed by atoms with Gasteiger partial charge in [0.05, 0.1) is 36.1 Å². The Labute approximate surface area is 172 Å². The molecule has 7 heteroatoms. The first-order valence-electron chi connectivity index (χ1n) is 9.84. The van der Waals surface area contributed by atoms with Crippen molar-refractivity contribution < 1.29 is 9.53 Å². The molecule has 1 saturated heterocycles. The van der Waals surface area contributed by atoms with Crippen LogP contribution in [0, 0.1) is 0 Å². The molecule has 1 amide bonds. The van der Waals surface area contributed by atoms with Gasteiger partial charge in [-0.3, -0.25) is 14.6 Å². The molecule has 2 aromatic heterocycles. The molecule has 0 radical (unpaired) electrons. The Kier molecular flexibility index (Phi) is 4.52. The number of aryl methyl sites for hydroxylation is 1. The minimum atomic E-state index is -0.0325. The van der Waals surface area contributed by atoms with Crippen molar-refractivity contribution in [2.75, 3.05) is 26.3 Å². The van der Waals surface area contributed by atoms with Crippen molar-refractivity contribution in [3.63, 3.8) is 0 Å². The molecule has 0 N–H and O–H groups in total. The molecule has 30 heavy (non-hydrogen) atoms. The first-order chi connectivity index (χ1) is 14.6. The van der Waals surface area contributed by atoms with E-state index in [1.807, 2.05) is 30.3 Å². The van der Waals surface area contributed by atoms with Crippen molar-refractivity contribution in [3.05, 3.63) is 70.8 Å². The summed E-state index contributed by atoms with van der Waals surface area (Å²) in [5, 5.41) is 1.52. The summed E-state index contributed by atoms with van der Waals surface area (Å²) in [6, 6.07) is 13.0. The number of ether oxygens (including phenoxy) is 1. The van der Waals surface area contributed by atoms with Crippen LogP contribution in [0.3, 0.4) is 0 Å². The van der Waals surface area contributed by atoms with Crippen LogP contribution in [0.2, 0.25) is 0 Å². The molecule has 4 aromatic rings. The Hall–Kier alpha value is -3.58. The summed E-state index contributed by atoms with van der Waals surface area (Å²) in [5.74, 6) is -0.0195. The van der Waals surface area contributed by atoms with E-state index in [1.165, 1.54) is 0 Å². The largest absolute Gasteiger partial charge is 0.378 e. The van der Waals surface area contributed by atoms with Crippen LogP contribution in [0.5, 0.6) is 0 Å². The van der Waals surface area contributed by atoms with E-state index in [1.54, 1.807) is 41.0 Å². The van der Waals surface area contributed by atoms with Gasteiger partial charge in [-0.2, -0.15) is 0 Å². The topological polar surface area (TPSA) is 77.3 Å². The molecule has 0 atom stereocenters. The zero-order valence-corrected chi connectivity index (χ0v) is 16.5. The van der Waals surface area contributed by atoms with E-state index in [0.29, 0.717) is 48.5 Å². The van der Waals surface area contributed by atoms with E-state index in [2.05, 4.69) is 4.98 Å². The number of amides is 1. The maximum Gasteiger partial charge on any atom is 0.258 e. The summed E-state index contributed by atoms with van der Waals surface area (Å²) in [6.07, 6.45) is 3.47. The summed E-state index contributed by atoms with van der Waals surface area (Å²) in [4.78, 5) is 36.1. The predicted molar refractivity (Wildman–Crippen MR) is 114 cm³/mol. The molecule has 0 spiro atoms. The molecule has 0 bridgehead atoms. The van der Waals surface area contributed by atoms with Gasteiger partial charge in [-0.1, -0.05) is 6.07 Å². The van der Waals surface area contributed by atoms with Gasteiger partial charge >= 0.3 is 0 Å². The molecule has 2 aromatic carbocycles. The average Bonchev–Trinajstić information content (AvgIpc) is 2.80. The zero-order chi connectivity index (χ0) is 20.7. The highest BCUT2D eigenvalue weighted by Crippen LogP contribution is 2.23. The summed E-state index contributed by atoms with van der Waals surface area (Å²) < 4.78 is 6.89. The standard InChI is InChI=1S/C23H20N4O3/c1-26-7-6-15-12-16(2-4-18(15)23(26)29)21-14-24-19-5-3-17(13-20(19)25-21)22(28)27-8-10-30-11-9-27/h2-7,12-14H,8-11H2,1H3. The monoisotopic (exact) mass is 400 g/mol. The van der Waals surface area contributed by atoms with Gasteiger partial charge in [-0.05, 0) is 41.8 Å². The molecule has 1 fully saturated rings. The summed E-state index contributed by atoms with van der Waals surface area (Å²) in [5.41, 5.74) is 3.52. The van der Waals surface area contributed by atoms with Crippen LogP contribution in [-0.2, 0) is 11.8 Å². The highest BCUT2D eigenvalue weighted by atomic mass is 16.5. The van der Waals surface area contributed by atoms with Crippen LogP contribution in [0.1, 0.15) is 10.4 Å². The van der Waals surface area contributed by atoms with Gasteiger partial charge in [0, 0.05) is 42.8 Å². The number of morpholine rings is 1. The Morgan fingerprint density at radius 2 is 1.87 bits per heavy atom. The molecule has 3 heterocycles. The minimum absolute atomic E-state index is 0.0195. The highest BCUT2D eigenvalue weighted by Gasteiger charge is 2.19. The van der Waals surface area contributed by atoms with E-state index >= 15 is 0 Å². The third-order valence-electron chi connectivity index (χ3n) is 5.46. The van der Waals surface area contributed by atoms with Crippen molar-refractivity contribution in [2.24, 2.45) is 7.05 Å². The fourth-order valence-corrected chi connectivity index (χ4v) is 3.74. The van der Waals surface area contributed by atoms with Crippen LogP contribution >= 0.6 is 0 Å². The van der Waals surface area contributed by atoms with Crippen LogP contribution in [0.4, 0.5) is 0 Å². The maximum absolute atomic E-state index is 12.8. The minimum Gasteiger partial charge on any atom is -0.378 e. The van der Waals surface area contributed by atoms with Crippen LogP contribution < -0.4 is 5.56 Å². The van der Waals surface area contributed by atoms with E-state index in [9.17, 15) is 9.59 Å². The quantitative estimate of drug-likeness (QED) is 0.517. The smallest absolute Gasteiger partial charge is 0.258 e. The Morgan fingerprint density at radius 1 is 1.03 bits per heavy atom. The van der Waals surface area contributed by atoms with Crippen LogP contribution in [-0.4, -0.2) is 51.6 Å². The molecular weight excluding hydrogens is 380 g/mol. The van der Waals surface area contributed by atoms with Crippen molar-refractivity contribution in [3.8, 4) is 11.3 Å². The van der Waals surface area contributed by atoms with Crippen LogP contribution in [0.25, 0.3) is 33.1 Å². The number of fused-ring (bicyclic) bond motifs is 2. The fourth-order valence-electron chi connectivity index (χ4n) is 3.74. The van der Waals surface area contributed by atoms with Crippen molar-refractivity contribution in [2.45, 2.75) is 0 Å². The molecule has 1 aliphatic rings. The highest BCUT2D eigenvalue weighted by molar-refractivity contribution is 5.97. The first kappa shape index (κ1) is 18.4. The van der Waals surface area contributed by atoms with Crippen molar-refractivity contribution >= 4 is 27.7 Å². The Balaban J connectivity index is 1.54. The van der Waals surface area contributed by atoms with Crippen LogP contribution in [0.15, 0.2) is 59.7 Å². The van der Waals surface area contributed by atoms with Gasteiger partial charge < -0.3 is 14.2 Å². The average molecular weight is 400 g/mol. The van der Waals surface area contributed by atoms with Crippen molar-refractivity contribution in [1.29, 1.82) is 0 Å². The van der Waals surface area contributed by atoms with E-state index < -0.39 is 0 Å². The van der Waals surface area contributed by atoms with Gasteiger partial charge in [-0.25, -0.2) is 4.98 Å². The van der Waals surface area contributed by atoms with E-state index in [0.717, 1.165) is 16.5 Å². The van der Waals surface area contributed by atoms with Gasteiger partial charge in [0.1, 0.15) is 0 Å². The normalized spacial score (nSPS) is 14.4. The third kappa shape index (κ3) is 3.23. The van der Waals surface area contributed by atoms with Crippen molar-refractivity contribution in [1.82, 2.24) is 19.4 Å². The predicted octanol–water partition coefficient (Wildman–Crippen LogP) is 2.62. The fraction of sp³-hybridized carbons (Fsp3) is 0.217. The lowest BCUT2D eigenvalue weighted by Crippen LogP contribution is -2.40. The molecule has 7 nitrogen and oxygen atoms in total. The van der Waals surface area contributed by atoms with Gasteiger partial charge in [0.2, 0.25) is 0 Å². The first-order valence-corrected chi connectivity index (χ1v) is 9.84. The second kappa shape index (κ2) is 7.35. The molecule has 0 aliphatic carbocycles. The summed E-state index contributed by atoms with van der Waals surface area (Å²) >= 11 is 0. The van der Waals surface area contributed by atoms with E-state index in [-0.39, 0.29) is 11.5 Å². The molecule has 150 valence electrons. The number of benzene rings is 2. The number of pyridine rings is 1. The number of nitrogens with zero attached hydrogens (tertiary/aromatic N) is 4. The second-order valence-corrected chi connectivity index (χ2v) is 7.40. The Morgan fingerprint density at radius 3 is 2.70 bits per heavy atom. The molecule has 1 aliphatic heterocycles. The molecular formula is C23H20N4O3. The molecule has 5 rings (SSSR count). The Bertz CT molecular complexity index is 1340. The second-order valence-electron chi connectivity index (χ2n) is 7.40. The lowest BCUT2D eigenvalue weighted by Gasteiger charge is -2.26.